The fraction of sp³-hybridized carbons (Fsp3) is 0.200. The number of hydroxylamine groups is 1. The van der Waals surface area contributed by atoms with Gasteiger partial charge in [0.05, 0.1) is 5.52 Å². The van der Waals surface area contributed by atoms with Crippen molar-refractivity contribution in [1.29, 1.82) is 0 Å². The Morgan fingerprint density at radius 1 is 1.25 bits per heavy atom. The van der Waals surface area contributed by atoms with E-state index < -0.39 is 23.1 Å². The van der Waals surface area contributed by atoms with E-state index >= 15 is 0 Å². The van der Waals surface area contributed by atoms with Crippen LogP contribution in [0.3, 0.4) is 0 Å². The summed E-state index contributed by atoms with van der Waals surface area (Å²) in [5.74, 6) is -1.44. The number of amides is 3. The number of hydrazine groups is 1. The van der Waals surface area contributed by atoms with Crippen molar-refractivity contribution in [3.05, 3.63) is 36.0 Å². The van der Waals surface area contributed by atoms with E-state index in [2.05, 4.69) is 4.98 Å². The van der Waals surface area contributed by atoms with Gasteiger partial charge in [-0.15, -0.1) is 0 Å². The highest BCUT2D eigenvalue weighted by Gasteiger charge is 2.36. The number of carboxylic acid groups (broad SMARTS) is 1. The second-order valence-corrected chi connectivity index (χ2v) is 5.04. The number of rotatable bonds is 1. The SMILES string of the molecule is Cc1cc(N)c2ccccc2n1.O=C(O)N(O)N1C(=O)CCC1=O. The number of benzene rings is 1. The molecule has 3 amide bonds. The fourth-order valence-corrected chi connectivity index (χ4v) is 2.20. The Morgan fingerprint density at radius 2 is 1.83 bits per heavy atom. The number of aromatic nitrogens is 1. The minimum atomic E-state index is -1.77. The maximum absolute atomic E-state index is 10.8. The van der Waals surface area contributed by atoms with Crippen molar-refractivity contribution in [2.45, 2.75) is 19.8 Å². The van der Waals surface area contributed by atoms with Gasteiger partial charge in [0.1, 0.15) is 0 Å². The fourth-order valence-electron chi connectivity index (χ4n) is 2.20. The van der Waals surface area contributed by atoms with Crippen molar-refractivity contribution in [1.82, 2.24) is 15.2 Å². The highest BCUT2D eigenvalue weighted by Crippen LogP contribution is 2.19. The highest BCUT2D eigenvalue weighted by molar-refractivity contribution is 6.02. The van der Waals surface area contributed by atoms with Gasteiger partial charge in [0.15, 0.2) is 0 Å². The first-order valence-electron chi connectivity index (χ1n) is 7.00. The molecule has 0 saturated carbocycles. The van der Waals surface area contributed by atoms with Crippen LogP contribution in [0, 0.1) is 6.92 Å². The summed E-state index contributed by atoms with van der Waals surface area (Å²) in [6.45, 7) is 1.95. The molecule has 2 aromatic rings. The number of anilines is 1. The Kier molecular flexibility index (Phi) is 4.95. The third-order valence-corrected chi connectivity index (χ3v) is 3.26. The molecule has 0 unspecified atom stereocenters. The number of carbonyl (C=O) groups is 3. The summed E-state index contributed by atoms with van der Waals surface area (Å²) in [6.07, 6.45) is -1.90. The Labute approximate surface area is 136 Å². The summed E-state index contributed by atoms with van der Waals surface area (Å²) >= 11 is 0. The van der Waals surface area contributed by atoms with Crippen molar-refractivity contribution in [3.63, 3.8) is 0 Å². The molecule has 9 nitrogen and oxygen atoms in total. The first kappa shape index (κ1) is 17.2. The second kappa shape index (κ2) is 6.92. The van der Waals surface area contributed by atoms with E-state index in [1.807, 2.05) is 37.3 Å². The molecule has 1 aromatic heterocycles. The van der Waals surface area contributed by atoms with Crippen LogP contribution in [-0.2, 0) is 9.59 Å². The molecule has 0 radical (unpaired) electrons. The van der Waals surface area contributed by atoms with Crippen LogP contribution in [0.4, 0.5) is 10.5 Å². The van der Waals surface area contributed by atoms with Crippen LogP contribution in [-0.4, -0.2) is 43.4 Å². The van der Waals surface area contributed by atoms with Crippen LogP contribution < -0.4 is 5.73 Å². The molecule has 0 aliphatic carbocycles. The van der Waals surface area contributed by atoms with Crippen LogP contribution in [0.5, 0.6) is 0 Å². The number of nitrogen functional groups attached to an aromatic ring is 1. The molecule has 1 aromatic carbocycles. The predicted octanol–water partition coefficient (Wildman–Crippen LogP) is 1.55. The van der Waals surface area contributed by atoms with Crippen LogP contribution in [0.15, 0.2) is 30.3 Å². The molecular formula is C15H16N4O5. The van der Waals surface area contributed by atoms with Crippen molar-refractivity contribution in [3.8, 4) is 0 Å². The van der Waals surface area contributed by atoms with E-state index in [4.69, 9.17) is 16.0 Å². The lowest BCUT2D eigenvalue weighted by Crippen LogP contribution is -2.46. The van der Waals surface area contributed by atoms with Gasteiger partial charge in [-0.3, -0.25) is 19.8 Å². The third-order valence-electron chi connectivity index (χ3n) is 3.26. The van der Waals surface area contributed by atoms with Gasteiger partial charge in [-0.25, -0.2) is 4.79 Å². The number of aryl methyl sites for hydroxylation is 1. The van der Waals surface area contributed by atoms with Gasteiger partial charge in [0.2, 0.25) is 0 Å². The Hall–Kier alpha value is -3.20. The number of imide groups is 1. The average Bonchev–Trinajstić information content (AvgIpc) is 2.86. The monoisotopic (exact) mass is 332 g/mol. The molecule has 126 valence electrons. The first-order valence-corrected chi connectivity index (χ1v) is 7.00. The lowest BCUT2D eigenvalue weighted by Gasteiger charge is -2.19. The highest BCUT2D eigenvalue weighted by atomic mass is 16.6. The van der Waals surface area contributed by atoms with Gasteiger partial charge in [0, 0.05) is 29.6 Å². The van der Waals surface area contributed by atoms with Gasteiger partial charge in [0.25, 0.3) is 11.8 Å². The normalized spacial score (nSPS) is 13.7. The summed E-state index contributed by atoms with van der Waals surface area (Å²) in [5, 5.41) is 17.7. The topological polar surface area (TPSA) is 137 Å². The van der Waals surface area contributed by atoms with Gasteiger partial charge >= 0.3 is 6.09 Å². The number of pyridine rings is 1. The quantitative estimate of drug-likeness (QED) is 0.409. The zero-order valence-corrected chi connectivity index (χ0v) is 12.8. The molecule has 24 heavy (non-hydrogen) atoms. The molecule has 4 N–H and O–H groups in total. The average molecular weight is 332 g/mol. The predicted molar refractivity (Wildman–Crippen MR) is 83.6 cm³/mol. The maximum Gasteiger partial charge on any atom is 0.452 e. The van der Waals surface area contributed by atoms with Crippen LogP contribution in [0.1, 0.15) is 18.5 Å². The molecule has 1 aliphatic heterocycles. The van der Waals surface area contributed by atoms with E-state index in [0.29, 0.717) is 0 Å². The lowest BCUT2D eigenvalue weighted by atomic mass is 10.2. The standard InChI is InChI=1S/C10H10N2.C5H6N2O5/c1-7-6-9(11)8-4-2-3-5-10(8)12-7;8-3-1-2-4(9)6(3)7(12)5(10)11/h2-6H,1H3,(H2,11,12);12H,1-2H2,(H,10,11). The van der Waals surface area contributed by atoms with Crippen molar-refractivity contribution >= 4 is 34.5 Å². The number of hydrogen-bond acceptors (Lipinski definition) is 6. The minimum absolute atomic E-state index is 0.0663. The van der Waals surface area contributed by atoms with Gasteiger partial charge in [-0.1, -0.05) is 23.4 Å². The molecule has 1 fully saturated rings. The largest absolute Gasteiger partial charge is 0.462 e. The van der Waals surface area contributed by atoms with Gasteiger partial charge in [-0.2, -0.15) is 5.01 Å². The zero-order valence-electron chi connectivity index (χ0n) is 12.8. The molecule has 1 aliphatic rings. The van der Waals surface area contributed by atoms with Crippen molar-refractivity contribution in [2.75, 3.05) is 5.73 Å². The summed E-state index contributed by atoms with van der Waals surface area (Å²) in [5.41, 5.74) is 8.55. The van der Waals surface area contributed by atoms with Crippen LogP contribution >= 0.6 is 0 Å². The van der Waals surface area contributed by atoms with Gasteiger partial charge < -0.3 is 10.8 Å². The second-order valence-electron chi connectivity index (χ2n) is 5.04. The minimum Gasteiger partial charge on any atom is -0.462 e. The Bertz CT molecular complexity index is 792. The van der Waals surface area contributed by atoms with E-state index in [-0.39, 0.29) is 17.9 Å². The van der Waals surface area contributed by atoms with Crippen molar-refractivity contribution < 1.29 is 24.7 Å². The molecule has 0 spiro atoms. The number of para-hydroxylation sites is 1. The summed E-state index contributed by atoms with van der Waals surface area (Å²) in [4.78, 5) is 36.0. The van der Waals surface area contributed by atoms with E-state index in [0.717, 1.165) is 22.3 Å². The zero-order chi connectivity index (χ0) is 17.9. The van der Waals surface area contributed by atoms with Gasteiger partial charge in [-0.05, 0) is 19.1 Å². The van der Waals surface area contributed by atoms with E-state index in [1.165, 1.54) is 0 Å². The van der Waals surface area contributed by atoms with E-state index in [1.54, 1.807) is 0 Å². The molecule has 2 heterocycles. The number of hydrogen-bond donors (Lipinski definition) is 3. The number of carbonyl (C=O) groups excluding carboxylic acids is 2. The maximum atomic E-state index is 10.8. The molecule has 3 rings (SSSR count). The summed E-state index contributed by atoms with van der Waals surface area (Å²) in [6, 6.07) is 9.78. The first-order chi connectivity index (χ1) is 11.3. The summed E-state index contributed by atoms with van der Waals surface area (Å²) < 4.78 is 0. The summed E-state index contributed by atoms with van der Waals surface area (Å²) in [7, 11) is 0. The van der Waals surface area contributed by atoms with Crippen LogP contribution in [0.25, 0.3) is 10.9 Å². The van der Waals surface area contributed by atoms with E-state index in [9.17, 15) is 14.4 Å². The molecule has 0 bridgehead atoms. The van der Waals surface area contributed by atoms with Crippen LogP contribution in [0.2, 0.25) is 0 Å². The number of fused-ring (bicyclic) bond motifs is 1. The third kappa shape index (κ3) is 3.58. The number of nitrogens with zero attached hydrogens (tertiary/aromatic N) is 3. The lowest BCUT2D eigenvalue weighted by molar-refractivity contribution is -0.209. The Balaban J connectivity index is 0.000000174. The number of nitrogens with two attached hydrogens (primary N) is 1. The van der Waals surface area contributed by atoms with Crippen molar-refractivity contribution in [2.24, 2.45) is 0 Å². The molecule has 0 atom stereocenters. The smallest absolute Gasteiger partial charge is 0.452 e. The molecule has 1 saturated heterocycles. The molecular weight excluding hydrogens is 316 g/mol. The Morgan fingerprint density at radius 3 is 2.42 bits per heavy atom. The molecule has 9 heteroatoms.